The summed E-state index contributed by atoms with van der Waals surface area (Å²) >= 11 is 0. The van der Waals surface area contributed by atoms with Gasteiger partial charge in [-0.05, 0) is 62.8 Å². The van der Waals surface area contributed by atoms with Crippen LogP contribution in [0.15, 0.2) is 0 Å². The minimum Gasteiger partial charge on any atom is -0.381 e. The van der Waals surface area contributed by atoms with Crippen molar-refractivity contribution in [3.63, 3.8) is 0 Å². The predicted octanol–water partition coefficient (Wildman–Crippen LogP) is 2.29. The molecule has 0 aromatic rings. The van der Waals surface area contributed by atoms with Crippen molar-refractivity contribution in [1.29, 1.82) is 0 Å². The van der Waals surface area contributed by atoms with Crippen molar-refractivity contribution < 1.29 is 18.9 Å². The van der Waals surface area contributed by atoms with E-state index in [0.29, 0.717) is 49.1 Å². The van der Waals surface area contributed by atoms with Crippen LogP contribution in [0.4, 0.5) is 0 Å². The molecule has 5 nitrogen and oxygen atoms in total. The average Bonchev–Trinajstić information content (AvgIpc) is 3.11. The molecular formula is C20H33NO4. The Morgan fingerprint density at radius 1 is 0.800 bits per heavy atom. The van der Waals surface area contributed by atoms with Crippen LogP contribution in [0.1, 0.15) is 38.5 Å². The minimum atomic E-state index is 0.343. The van der Waals surface area contributed by atoms with Gasteiger partial charge in [0.2, 0.25) is 0 Å². The van der Waals surface area contributed by atoms with Gasteiger partial charge in [-0.3, -0.25) is 4.90 Å². The van der Waals surface area contributed by atoms with Gasteiger partial charge in [0, 0.05) is 32.7 Å². The lowest BCUT2D eigenvalue weighted by Gasteiger charge is -2.57. The molecule has 9 unspecified atom stereocenters. The van der Waals surface area contributed by atoms with E-state index in [1.54, 1.807) is 0 Å². The topological polar surface area (TPSA) is 40.2 Å². The van der Waals surface area contributed by atoms with Crippen molar-refractivity contribution in [2.24, 2.45) is 23.7 Å². The number of nitrogens with zero attached hydrogens (tertiary/aromatic N) is 1. The number of hydrogen-bond donors (Lipinski definition) is 0. The molecule has 0 bridgehead atoms. The van der Waals surface area contributed by atoms with Crippen LogP contribution in [0.2, 0.25) is 0 Å². The predicted molar refractivity (Wildman–Crippen MR) is 93.2 cm³/mol. The maximum absolute atomic E-state index is 5.92. The lowest BCUT2D eigenvalue weighted by Crippen LogP contribution is -2.62. The number of rotatable bonds is 2. The lowest BCUT2D eigenvalue weighted by molar-refractivity contribution is -0.142. The van der Waals surface area contributed by atoms with E-state index in [9.17, 15) is 0 Å². The van der Waals surface area contributed by atoms with E-state index in [0.717, 1.165) is 24.7 Å². The van der Waals surface area contributed by atoms with Crippen LogP contribution in [0.25, 0.3) is 0 Å². The number of piperidine rings is 2. The zero-order valence-electron chi connectivity index (χ0n) is 15.6. The lowest BCUT2D eigenvalue weighted by atomic mass is 9.62. The summed E-state index contributed by atoms with van der Waals surface area (Å²) in [4.78, 5) is 2.79. The first kappa shape index (κ1) is 16.9. The van der Waals surface area contributed by atoms with Crippen molar-refractivity contribution in [2.75, 3.05) is 34.1 Å². The Balaban J connectivity index is 1.37. The Labute approximate surface area is 151 Å². The first-order chi connectivity index (χ1) is 12.3. The molecule has 0 amide bonds. The highest BCUT2D eigenvalue weighted by atomic mass is 16.7. The van der Waals surface area contributed by atoms with Crippen LogP contribution in [0.5, 0.6) is 0 Å². The van der Waals surface area contributed by atoms with Gasteiger partial charge in [-0.2, -0.15) is 0 Å². The summed E-state index contributed by atoms with van der Waals surface area (Å²) in [7, 11) is 3.80. The molecule has 0 N–H and O–H groups in total. The molecule has 3 aliphatic heterocycles. The zero-order valence-corrected chi connectivity index (χ0v) is 15.6. The number of fused-ring (bicyclic) bond motifs is 5. The molecule has 5 heteroatoms. The summed E-state index contributed by atoms with van der Waals surface area (Å²) < 4.78 is 23.5. The van der Waals surface area contributed by atoms with Gasteiger partial charge in [-0.25, -0.2) is 0 Å². The normalized spacial score (nSPS) is 52.8. The Morgan fingerprint density at radius 2 is 1.52 bits per heavy atom. The van der Waals surface area contributed by atoms with E-state index in [2.05, 4.69) is 4.90 Å². The summed E-state index contributed by atoms with van der Waals surface area (Å²) in [5.41, 5.74) is 0. The highest BCUT2D eigenvalue weighted by molar-refractivity contribution is 5.04. The van der Waals surface area contributed by atoms with Gasteiger partial charge < -0.3 is 18.9 Å². The standard InChI is InChI=1S/C20H33NO4/c1-22-17-3-4-18(23-2)15-10-21-6-5-12-7-19-20(25-11-24-19)9-13(12)16(21)8-14(15)17/h12-20H,3-11H2,1-2H3. The summed E-state index contributed by atoms with van der Waals surface area (Å²) in [6, 6.07) is 0.707. The van der Waals surface area contributed by atoms with E-state index in [1.165, 1.54) is 38.8 Å². The first-order valence-corrected chi connectivity index (χ1v) is 10.3. The van der Waals surface area contributed by atoms with Crippen molar-refractivity contribution in [3.8, 4) is 0 Å². The van der Waals surface area contributed by atoms with E-state index >= 15 is 0 Å². The Hall–Kier alpha value is -0.200. The van der Waals surface area contributed by atoms with Crippen LogP contribution in [0, 0.1) is 23.7 Å². The molecule has 2 saturated carbocycles. The molecule has 3 heterocycles. The molecule has 0 aromatic heterocycles. The molecule has 3 saturated heterocycles. The summed E-state index contributed by atoms with van der Waals surface area (Å²) in [5.74, 6) is 2.89. The van der Waals surface area contributed by atoms with Crippen molar-refractivity contribution in [1.82, 2.24) is 4.90 Å². The molecule has 25 heavy (non-hydrogen) atoms. The van der Waals surface area contributed by atoms with Gasteiger partial charge in [0.25, 0.3) is 0 Å². The number of hydrogen-bond acceptors (Lipinski definition) is 5. The van der Waals surface area contributed by atoms with Crippen molar-refractivity contribution in [3.05, 3.63) is 0 Å². The second-order valence-electron chi connectivity index (χ2n) is 8.96. The molecule has 0 radical (unpaired) electrons. The SMILES string of the molecule is COC1CCC(OC)C2CN3CCC4CC5OCOC5CC4C3CC12. The highest BCUT2D eigenvalue weighted by Gasteiger charge is 2.53. The fourth-order valence-electron chi connectivity index (χ4n) is 6.95. The largest absolute Gasteiger partial charge is 0.381 e. The molecule has 9 atom stereocenters. The van der Waals surface area contributed by atoms with Gasteiger partial charge >= 0.3 is 0 Å². The van der Waals surface area contributed by atoms with Gasteiger partial charge in [0.1, 0.15) is 6.79 Å². The zero-order chi connectivity index (χ0) is 17.0. The highest BCUT2D eigenvalue weighted by Crippen LogP contribution is 2.50. The third kappa shape index (κ3) is 2.78. The molecule has 2 aliphatic carbocycles. The Morgan fingerprint density at radius 3 is 2.28 bits per heavy atom. The van der Waals surface area contributed by atoms with E-state index in [4.69, 9.17) is 18.9 Å². The number of methoxy groups -OCH3 is 2. The van der Waals surface area contributed by atoms with Crippen LogP contribution < -0.4 is 0 Å². The number of ether oxygens (including phenoxy) is 4. The molecule has 5 rings (SSSR count). The molecular weight excluding hydrogens is 318 g/mol. The van der Waals surface area contributed by atoms with E-state index < -0.39 is 0 Å². The minimum absolute atomic E-state index is 0.343. The van der Waals surface area contributed by atoms with Gasteiger partial charge in [0.15, 0.2) is 0 Å². The second kappa shape index (κ2) is 6.75. The summed E-state index contributed by atoms with van der Waals surface area (Å²) in [6.07, 6.45) is 8.85. The van der Waals surface area contributed by atoms with Crippen LogP contribution in [-0.4, -0.2) is 69.5 Å². The fraction of sp³-hybridized carbons (Fsp3) is 1.00. The molecule has 142 valence electrons. The maximum atomic E-state index is 5.92. The summed E-state index contributed by atoms with van der Waals surface area (Å²) in [5, 5.41) is 0. The summed E-state index contributed by atoms with van der Waals surface area (Å²) in [6.45, 7) is 2.96. The van der Waals surface area contributed by atoms with E-state index in [-0.39, 0.29) is 0 Å². The quantitative estimate of drug-likeness (QED) is 0.763. The van der Waals surface area contributed by atoms with Gasteiger partial charge in [-0.15, -0.1) is 0 Å². The van der Waals surface area contributed by atoms with E-state index in [1.807, 2.05) is 14.2 Å². The maximum Gasteiger partial charge on any atom is 0.147 e. The fourth-order valence-corrected chi connectivity index (χ4v) is 6.95. The van der Waals surface area contributed by atoms with Crippen molar-refractivity contribution >= 4 is 0 Å². The van der Waals surface area contributed by atoms with Gasteiger partial charge in [-0.1, -0.05) is 0 Å². The molecule has 0 spiro atoms. The third-order valence-corrected chi connectivity index (χ3v) is 8.18. The molecule has 5 aliphatic rings. The monoisotopic (exact) mass is 351 g/mol. The molecule has 0 aromatic carbocycles. The van der Waals surface area contributed by atoms with Crippen LogP contribution >= 0.6 is 0 Å². The first-order valence-electron chi connectivity index (χ1n) is 10.3. The van der Waals surface area contributed by atoms with Crippen LogP contribution in [-0.2, 0) is 18.9 Å². The smallest absolute Gasteiger partial charge is 0.147 e. The van der Waals surface area contributed by atoms with Crippen molar-refractivity contribution in [2.45, 2.75) is 69.0 Å². The Kier molecular flexibility index (Phi) is 4.58. The van der Waals surface area contributed by atoms with Gasteiger partial charge in [0.05, 0.1) is 24.4 Å². The second-order valence-corrected chi connectivity index (χ2v) is 8.96. The Bertz CT molecular complexity index is 488. The third-order valence-electron chi connectivity index (χ3n) is 8.18. The average molecular weight is 351 g/mol. The molecule has 5 fully saturated rings. The van der Waals surface area contributed by atoms with Crippen LogP contribution in [0.3, 0.4) is 0 Å².